The zero-order valence-electron chi connectivity index (χ0n) is 15.7. The second kappa shape index (κ2) is 15.2. The minimum atomic E-state index is 0.233. The van der Waals surface area contributed by atoms with Gasteiger partial charge in [0.2, 0.25) is 0 Å². The monoisotopic (exact) mass is 323 g/mol. The van der Waals surface area contributed by atoms with E-state index in [1.807, 2.05) is 0 Å². The molecule has 1 aliphatic rings. The van der Waals surface area contributed by atoms with Crippen LogP contribution in [0.1, 0.15) is 110 Å². The molecule has 136 valence electrons. The first-order valence-corrected chi connectivity index (χ1v) is 10.6. The van der Waals surface area contributed by atoms with Crippen molar-refractivity contribution in [3.8, 4) is 0 Å². The molecule has 0 aliphatic carbocycles. The van der Waals surface area contributed by atoms with Crippen LogP contribution in [-0.2, 0) is 4.79 Å². The van der Waals surface area contributed by atoms with Gasteiger partial charge < -0.3 is 4.79 Å². The van der Waals surface area contributed by atoms with Crippen LogP contribution < -0.4 is 0 Å². The highest BCUT2D eigenvalue weighted by Crippen LogP contribution is 2.17. The molecule has 0 saturated carbocycles. The summed E-state index contributed by atoms with van der Waals surface area (Å²) in [5.74, 6) is 0. The molecule has 0 N–H and O–H groups in total. The highest BCUT2D eigenvalue weighted by Gasteiger charge is 2.22. The Hall–Kier alpha value is -0.370. The van der Waals surface area contributed by atoms with E-state index in [4.69, 9.17) is 0 Å². The van der Waals surface area contributed by atoms with Crippen molar-refractivity contribution in [2.24, 2.45) is 0 Å². The molecule has 0 amide bonds. The highest BCUT2D eigenvalue weighted by molar-refractivity contribution is 5.58. The fraction of sp³-hybridized carbons (Fsp3) is 0.952. The van der Waals surface area contributed by atoms with E-state index in [1.165, 1.54) is 96.3 Å². The van der Waals surface area contributed by atoms with E-state index in [9.17, 15) is 4.79 Å². The third kappa shape index (κ3) is 10.9. The van der Waals surface area contributed by atoms with Crippen LogP contribution in [0.5, 0.6) is 0 Å². The van der Waals surface area contributed by atoms with Crippen LogP contribution in [0.4, 0.5) is 0 Å². The fourth-order valence-electron chi connectivity index (χ4n) is 3.79. The van der Waals surface area contributed by atoms with Gasteiger partial charge in [0.05, 0.1) is 6.04 Å². The summed E-state index contributed by atoms with van der Waals surface area (Å²) < 4.78 is 0. The second-order valence-corrected chi connectivity index (χ2v) is 7.48. The molecule has 0 radical (unpaired) electrons. The lowest BCUT2D eigenvalue weighted by atomic mass is 10.0. The average Bonchev–Trinajstić information content (AvgIpc) is 3.02. The molecule has 0 aromatic rings. The smallest absolute Gasteiger partial charge is 0.137 e. The molecule has 1 aliphatic heterocycles. The van der Waals surface area contributed by atoms with Gasteiger partial charge in [-0.25, -0.2) is 0 Å². The van der Waals surface area contributed by atoms with Crippen LogP contribution in [0.3, 0.4) is 0 Å². The molecule has 0 aromatic heterocycles. The molecular weight excluding hydrogens is 282 g/mol. The lowest BCUT2D eigenvalue weighted by Gasteiger charge is -2.19. The molecule has 0 spiro atoms. The third-order valence-electron chi connectivity index (χ3n) is 5.37. The molecule has 1 saturated heterocycles. The SMILES string of the molecule is CCCCCCCCCCCCCCCCN1CCC[C@@H]1C=O. The summed E-state index contributed by atoms with van der Waals surface area (Å²) >= 11 is 0. The summed E-state index contributed by atoms with van der Waals surface area (Å²) in [6.07, 6.45) is 23.2. The second-order valence-electron chi connectivity index (χ2n) is 7.48. The summed E-state index contributed by atoms with van der Waals surface area (Å²) in [4.78, 5) is 13.3. The summed E-state index contributed by atoms with van der Waals surface area (Å²) in [6.45, 7) is 4.57. The fourth-order valence-corrected chi connectivity index (χ4v) is 3.79. The predicted molar refractivity (Wildman–Crippen MR) is 101 cm³/mol. The Morgan fingerprint density at radius 3 is 1.74 bits per heavy atom. The Balaban J connectivity index is 1.74. The zero-order chi connectivity index (χ0) is 16.6. The molecule has 1 atom stereocenters. The molecule has 1 fully saturated rings. The quantitative estimate of drug-likeness (QED) is 0.251. The van der Waals surface area contributed by atoms with Crippen LogP contribution in [0.2, 0.25) is 0 Å². The standard InChI is InChI=1S/C21H41NO/c1-2-3-4-5-6-7-8-9-10-11-12-13-14-15-18-22-19-16-17-21(22)20-23/h20-21H,2-19H2,1H3/t21-/m1/s1. The molecule has 1 rings (SSSR count). The van der Waals surface area contributed by atoms with Gasteiger partial charge in [-0.05, 0) is 32.4 Å². The number of rotatable bonds is 16. The number of likely N-dealkylation sites (tertiary alicyclic amines) is 1. The Labute approximate surface area is 145 Å². The van der Waals surface area contributed by atoms with Gasteiger partial charge in [0.15, 0.2) is 0 Å². The lowest BCUT2D eigenvalue weighted by Crippen LogP contribution is -2.31. The first kappa shape index (κ1) is 20.7. The van der Waals surface area contributed by atoms with Crippen LogP contribution in [0.25, 0.3) is 0 Å². The summed E-state index contributed by atoms with van der Waals surface area (Å²) in [5.41, 5.74) is 0. The van der Waals surface area contributed by atoms with E-state index in [0.717, 1.165) is 25.8 Å². The van der Waals surface area contributed by atoms with E-state index in [-0.39, 0.29) is 6.04 Å². The number of nitrogens with zero attached hydrogens (tertiary/aromatic N) is 1. The first-order chi connectivity index (χ1) is 11.4. The van der Waals surface area contributed by atoms with Crippen molar-refractivity contribution >= 4 is 6.29 Å². The van der Waals surface area contributed by atoms with Gasteiger partial charge in [-0.2, -0.15) is 0 Å². The topological polar surface area (TPSA) is 20.3 Å². The molecule has 2 nitrogen and oxygen atoms in total. The van der Waals surface area contributed by atoms with Gasteiger partial charge in [-0.1, -0.05) is 90.4 Å². The summed E-state index contributed by atoms with van der Waals surface area (Å²) in [7, 11) is 0. The maximum absolute atomic E-state index is 10.9. The molecule has 2 heteroatoms. The van der Waals surface area contributed by atoms with Crippen molar-refractivity contribution in [2.45, 2.75) is 116 Å². The number of unbranched alkanes of at least 4 members (excludes halogenated alkanes) is 13. The Kier molecular flexibility index (Phi) is 13.6. The van der Waals surface area contributed by atoms with E-state index in [0.29, 0.717) is 0 Å². The Morgan fingerprint density at radius 1 is 0.783 bits per heavy atom. The van der Waals surface area contributed by atoms with Gasteiger partial charge in [0.1, 0.15) is 6.29 Å². The summed E-state index contributed by atoms with van der Waals surface area (Å²) in [5, 5.41) is 0. The van der Waals surface area contributed by atoms with Gasteiger partial charge in [0.25, 0.3) is 0 Å². The van der Waals surface area contributed by atoms with Gasteiger partial charge in [-0.15, -0.1) is 0 Å². The molecule has 0 aromatic carbocycles. The van der Waals surface area contributed by atoms with E-state index >= 15 is 0 Å². The van der Waals surface area contributed by atoms with Crippen LogP contribution in [0.15, 0.2) is 0 Å². The molecular formula is C21H41NO. The van der Waals surface area contributed by atoms with Crippen molar-refractivity contribution in [1.29, 1.82) is 0 Å². The van der Waals surface area contributed by atoms with Gasteiger partial charge in [0, 0.05) is 0 Å². The molecule has 23 heavy (non-hydrogen) atoms. The van der Waals surface area contributed by atoms with Gasteiger partial charge >= 0.3 is 0 Å². The average molecular weight is 324 g/mol. The van der Waals surface area contributed by atoms with Crippen LogP contribution in [-0.4, -0.2) is 30.3 Å². The lowest BCUT2D eigenvalue weighted by molar-refractivity contribution is -0.111. The van der Waals surface area contributed by atoms with Crippen molar-refractivity contribution in [3.05, 3.63) is 0 Å². The minimum Gasteiger partial charge on any atom is -0.302 e. The highest BCUT2D eigenvalue weighted by atomic mass is 16.1. The molecule has 0 unspecified atom stereocenters. The summed E-state index contributed by atoms with van der Waals surface area (Å²) in [6, 6.07) is 0.233. The largest absolute Gasteiger partial charge is 0.302 e. The van der Waals surface area contributed by atoms with Crippen molar-refractivity contribution < 1.29 is 4.79 Å². The zero-order valence-corrected chi connectivity index (χ0v) is 15.7. The number of aldehydes is 1. The van der Waals surface area contributed by atoms with Crippen molar-refractivity contribution in [3.63, 3.8) is 0 Å². The maximum atomic E-state index is 10.9. The first-order valence-electron chi connectivity index (χ1n) is 10.6. The van der Waals surface area contributed by atoms with Crippen molar-refractivity contribution in [2.75, 3.05) is 13.1 Å². The van der Waals surface area contributed by atoms with E-state index in [2.05, 4.69) is 11.8 Å². The van der Waals surface area contributed by atoms with E-state index < -0.39 is 0 Å². The third-order valence-corrected chi connectivity index (χ3v) is 5.37. The van der Waals surface area contributed by atoms with E-state index in [1.54, 1.807) is 0 Å². The normalized spacial score (nSPS) is 18.6. The van der Waals surface area contributed by atoms with Crippen LogP contribution in [0, 0.1) is 0 Å². The number of carbonyl (C=O) groups is 1. The van der Waals surface area contributed by atoms with Crippen LogP contribution >= 0.6 is 0 Å². The molecule has 0 bridgehead atoms. The maximum Gasteiger partial charge on any atom is 0.137 e. The number of hydrogen-bond donors (Lipinski definition) is 0. The predicted octanol–water partition coefficient (Wildman–Crippen LogP) is 6.13. The Bertz CT molecular complexity index is 267. The van der Waals surface area contributed by atoms with Gasteiger partial charge in [-0.3, -0.25) is 4.90 Å². The number of hydrogen-bond acceptors (Lipinski definition) is 2. The Morgan fingerprint density at radius 2 is 1.26 bits per heavy atom. The number of carbonyl (C=O) groups excluding carboxylic acids is 1. The van der Waals surface area contributed by atoms with Crippen molar-refractivity contribution in [1.82, 2.24) is 4.90 Å². The minimum absolute atomic E-state index is 0.233. The molecule has 1 heterocycles.